The molecule has 0 aliphatic heterocycles. The van der Waals surface area contributed by atoms with Crippen molar-refractivity contribution in [2.45, 2.75) is 6.92 Å². The van der Waals surface area contributed by atoms with Crippen LogP contribution < -0.4 is 0 Å². The minimum Gasteiger partial charge on any atom is -0.294 e. The molecular weight excluding hydrogens is 255 g/mol. The van der Waals surface area contributed by atoms with Gasteiger partial charge in [-0.1, -0.05) is 42.5 Å². The minimum absolute atomic E-state index is 0.0859. The van der Waals surface area contributed by atoms with Crippen molar-refractivity contribution < 1.29 is 14.0 Å². The van der Waals surface area contributed by atoms with Crippen LogP contribution in [-0.4, -0.2) is 11.6 Å². The molecule has 2 aromatic rings. The van der Waals surface area contributed by atoms with Crippen LogP contribution in [0.15, 0.2) is 60.2 Å². The van der Waals surface area contributed by atoms with Crippen LogP contribution in [0.5, 0.6) is 0 Å². The topological polar surface area (TPSA) is 34.1 Å². The van der Waals surface area contributed by atoms with E-state index in [1.165, 1.54) is 37.3 Å². The lowest BCUT2D eigenvalue weighted by atomic mass is 9.98. The third-order valence-corrected chi connectivity index (χ3v) is 2.84. The molecule has 0 saturated heterocycles. The summed E-state index contributed by atoms with van der Waals surface area (Å²) in [6.45, 7) is 1.34. The molecule has 0 aliphatic rings. The zero-order chi connectivity index (χ0) is 14.5. The Bertz CT molecular complexity index is 655. The summed E-state index contributed by atoms with van der Waals surface area (Å²) in [4.78, 5) is 24.0. The molecule has 0 unspecified atom stereocenters. The van der Waals surface area contributed by atoms with Gasteiger partial charge in [0.05, 0.1) is 5.57 Å². The number of carbonyl (C=O) groups is 2. The molecule has 0 atom stereocenters. The number of allylic oxidation sites excluding steroid dienone is 1. The molecule has 0 bridgehead atoms. The van der Waals surface area contributed by atoms with Gasteiger partial charge in [-0.05, 0) is 30.7 Å². The van der Waals surface area contributed by atoms with Crippen LogP contribution in [0.4, 0.5) is 4.39 Å². The Morgan fingerprint density at radius 2 is 1.55 bits per heavy atom. The van der Waals surface area contributed by atoms with Gasteiger partial charge in [-0.25, -0.2) is 4.39 Å². The van der Waals surface area contributed by atoms with Crippen molar-refractivity contribution in [3.8, 4) is 0 Å². The van der Waals surface area contributed by atoms with Gasteiger partial charge in [0.25, 0.3) is 0 Å². The SMILES string of the molecule is CC(=O)/C(=C/c1ccc(F)cc1)C(=O)c1ccccc1. The zero-order valence-corrected chi connectivity index (χ0v) is 11.0. The lowest BCUT2D eigenvalue weighted by molar-refractivity contribution is -0.113. The monoisotopic (exact) mass is 268 g/mol. The number of rotatable bonds is 4. The van der Waals surface area contributed by atoms with E-state index >= 15 is 0 Å². The minimum atomic E-state index is -0.360. The highest BCUT2D eigenvalue weighted by Gasteiger charge is 2.16. The van der Waals surface area contributed by atoms with Gasteiger partial charge in [0.1, 0.15) is 5.82 Å². The van der Waals surface area contributed by atoms with Crippen LogP contribution >= 0.6 is 0 Å². The highest BCUT2D eigenvalue weighted by Crippen LogP contribution is 2.14. The highest BCUT2D eigenvalue weighted by molar-refractivity contribution is 6.28. The Balaban J connectivity index is 2.39. The molecule has 0 fully saturated rings. The van der Waals surface area contributed by atoms with Gasteiger partial charge in [0.2, 0.25) is 0 Å². The Kier molecular flexibility index (Phi) is 4.20. The van der Waals surface area contributed by atoms with Crippen LogP contribution in [-0.2, 0) is 4.79 Å². The van der Waals surface area contributed by atoms with Gasteiger partial charge in [0, 0.05) is 5.56 Å². The van der Waals surface area contributed by atoms with Crippen molar-refractivity contribution in [2.75, 3.05) is 0 Å². The molecule has 0 spiro atoms. The number of ketones is 2. The smallest absolute Gasteiger partial charge is 0.196 e. The average Bonchev–Trinajstić information content (AvgIpc) is 2.46. The second-order valence-corrected chi connectivity index (χ2v) is 4.36. The molecule has 2 rings (SSSR count). The summed E-state index contributed by atoms with van der Waals surface area (Å²) in [5.41, 5.74) is 1.15. The van der Waals surface area contributed by atoms with E-state index in [4.69, 9.17) is 0 Å². The molecule has 0 amide bonds. The van der Waals surface area contributed by atoms with Crippen molar-refractivity contribution in [1.29, 1.82) is 0 Å². The van der Waals surface area contributed by atoms with E-state index in [9.17, 15) is 14.0 Å². The van der Waals surface area contributed by atoms with Crippen LogP contribution in [0.3, 0.4) is 0 Å². The van der Waals surface area contributed by atoms with Crippen LogP contribution in [0.25, 0.3) is 6.08 Å². The van der Waals surface area contributed by atoms with E-state index in [0.29, 0.717) is 11.1 Å². The maximum atomic E-state index is 12.9. The Labute approximate surface area is 116 Å². The molecule has 2 aromatic carbocycles. The fourth-order valence-corrected chi connectivity index (χ4v) is 1.80. The van der Waals surface area contributed by atoms with Gasteiger partial charge in [-0.3, -0.25) is 9.59 Å². The van der Waals surface area contributed by atoms with Gasteiger partial charge >= 0.3 is 0 Å². The Morgan fingerprint density at radius 3 is 2.10 bits per heavy atom. The maximum absolute atomic E-state index is 12.9. The van der Waals surface area contributed by atoms with Crippen LogP contribution in [0, 0.1) is 5.82 Å². The summed E-state index contributed by atoms with van der Waals surface area (Å²) in [6, 6.07) is 14.2. The molecule has 0 aliphatic carbocycles. The molecule has 20 heavy (non-hydrogen) atoms. The summed E-state index contributed by atoms with van der Waals surface area (Å²) in [5, 5.41) is 0. The largest absolute Gasteiger partial charge is 0.294 e. The lowest BCUT2D eigenvalue weighted by Crippen LogP contribution is -2.10. The second-order valence-electron chi connectivity index (χ2n) is 4.36. The molecule has 0 N–H and O–H groups in total. The molecule has 3 heteroatoms. The molecule has 0 saturated carbocycles. The predicted octanol–water partition coefficient (Wildman–Crippen LogP) is 3.68. The molecule has 0 aromatic heterocycles. The number of hydrogen-bond donors (Lipinski definition) is 0. The number of Topliss-reactive ketones (excluding diaryl/α,β-unsaturated/α-hetero) is 2. The molecule has 0 radical (unpaired) electrons. The number of carbonyl (C=O) groups excluding carboxylic acids is 2. The zero-order valence-electron chi connectivity index (χ0n) is 11.0. The van der Waals surface area contributed by atoms with Gasteiger partial charge in [-0.15, -0.1) is 0 Å². The molecule has 100 valence electrons. The average molecular weight is 268 g/mol. The fourth-order valence-electron chi connectivity index (χ4n) is 1.80. The van der Waals surface area contributed by atoms with Gasteiger partial charge < -0.3 is 0 Å². The fraction of sp³-hybridized carbons (Fsp3) is 0.0588. The van der Waals surface area contributed by atoms with Crippen molar-refractivity contribution in [3.05, 3.63) is 77.1 Å². The summed E-state index contributed by atoms with van der Waals surface area (Å²) in [7, 11) is 0. The Hall–Kier alpha value is -2.55. The molecular formula is C17H13FO2. The normalized spacial score (nSPS) is 11.2. The van der Waals surface area contributed by atoms with E-state index in [1.807, 2.05) is 0 Å². The van der Waals surface area contributed by atoms with Crippen LogP contribution in [0.1, 0.15) is 22.8 Å². The number of hydrogen-bond acceptors (Lipinski definition) is 2. The summed E-state index contributed by atoms with van der Waals surface area (Å²) < 4.78 is 12.9. The third-order valence-electron chi connectivity index (χ3n) is 2.84. The highest BCUT2D eigenvalue weighted by atomic mass is 19.1. The van der Waals surface area contributed by atoms with E-state index in [0.717, 1.165) is 0 Å². The maximum Gasteiger partial charge on any atom is 0.196 e. The van der Waals surface area contributed by atoms with Gasteiger partial charge in [-0.2, -0.15) is 0 Å². The van der Waals surface area contributed by atoms with Gasteiger partial charge in [0.15, 0.2) is 11.6 Å². The van der Waals surface area contributed by atoms with E-state index < -0.39 is 0 Å². The standard InChI is InChI=1S/C17H13FO2/c1-12(19)16(11-13-7-9-15(18)10-8-13)17(20)14-5-3-2-4-6-14/h2-11H,1H3/b16-11-. The molecule has 0 heterocycles. The number of benzene rings is 2. The van der Waals surface area contributed by atoms with Crippen LogP contribution in [0.2, 0.25) is 0 Å². The first-order valence-electron chi connectivity index (χ1n) is 6.16. The van der Waals surface area contributed by atoms with E-state index in [1.54, 1.807) is 30.3 Å². The third kappa shape index (κ3) is 3.26. The summed E-state index contributed by atoms with van der Waals surface area (Å²) in [5.74, 6) is -1.01. The first kappa shape index (κ1) is 13.9. The predicted molar refractivity (Wildman–Crippen MR) is 75.8 cm³/mol. The van der Waals surface area contributed by atoms with Crippen molar-refractivity contribution in [1.82, 2.24) is 0 Å². The first-order chi connectivity index (χ1) is 9.58. The van der Waals surface area contributed by atoms with Crippen molar-refractivity contribution in [2.24, 2.45) is 0 Å². The lowest BCUT2D eigenvalue weighted by Gasteiger charge is -2.03. The summed E-state index contributed by atoms with van der Waals surface area (Å²) in [6.07, 6.45) is 1.48. The van der Waals surface area contributed by atoms with Crippen molar-refractivity contribution >= 4 is 17.6 Å². The van der Waals surface area contributed by atoms with E-state index in [2.05, 4.69) is 0 Å². The first-order valence-corrected chi connectivity index (χ1v) is 6.16. The van der Waals surface area contributed by atoms with Crippen molar-refractivity contribution in [3.63, 3.8) is 0 Å². The summed E-state index contributed by atoms with van der Waals surface area (Å²) >= 11 is 0. The quantitative estimate of drug-likeness (QED) is 0.367. The van der Waals surface area contributed by atoms with E-state index in [-0.39, 0.29) is 23.0 Å². The number of halogens is 1. The Morgan fingerprint density at radius 1 is 0.950 bits per heavy atom. The molecule has 2 nitrogen and oxygen atoms in total. The second kappa shape index (κ2) is 6.06.